The molecule has 6 atom stereocenters. The molecule has 0 aromatic heterocycles. The van der Waals surface area contributed by atoms with Gasteiger partial charge in [0.15, 0.2) is 11.5 Å². The van der Waals surface area contributed by atoms with E-state index in [0.717, 1.165) is 24.9 Å². The van der Waals surface area contributed by atoms with E-state index in [1.54, 1.807) is 14.2 Å². The van der Waals surface area contributed by atoms with Crippen LogP contribution in [0.3, 0.4) is 0 Å². The van der Waals surface area contributed by atoms with Crippen molar-refractivity contribution in [2.75, 3.05) is 27.3 Å². The maximum atomic E-state index is 13.1. The molecule has 2 heterocycles. The van der Waals surface area contributed by atoms with E-state index in [0.29, 0.717) is 30.4 Å². The molecular formula is C28H36N2O4. The third-order valence-corrected chi connectivity index (χ3v) is 8.91. The number of nitrogens with zero attached hydrogens (tertiary/aromatic N) is 2. The normalized spacial score (nSPS) is 34.7. The number of nitriles is 1. The van der Waals surface area contributed by atoms with E-state index >= 15 is 0 Å². The van der Waals surface area contributed by atoms with Gasteiger partial charge in [0.1, 0.15) is 6.10 Å². The SMILES string of the molecule is COc1cc2c(cc1OC)[C@@H](CC#N)N(C[C@@H]1C(=O)O[C@@H]3C[C@@]4(C)CCC[C@H](C)C4=C[C@H]13)CC2. The zero-order valence-electron chi connectivity index (χ0n) is 20.8. The molecule has 5 rings (SSSR count). The Labute approximate surface area is 202 Å². The van der Waals surface area contributed by atoms with Gasteiger partial charge in [-0.3, -0.25) is 9.69 Å². The highest BCUT2D eigenvalue weighted by molar-refractivity contribution is 5.76. The van der Waals surface area contributed by atoms with Crippen LogP contribution < -0.4 is 9.47 Å². The second-order valence-electron chi connectivity index (χ2n) is 10.9. The largest absolute Gasteiger partial charge is 0.493 e. The van der Waals surface area contributed by atoms with E-state index in [9.17, 15) is 10.1 Å². The summed E-state index contributed by atoms with van der Waals surface area (Å²) in [5, 5.41) is 9.64. The van der Waals surface area contributed by atoms with E-state index in [2.05, 4.69) is 30.9 Å². The number of carbonyl (C=O) groups excluding carboxylic acids is 1. The summed E-state index contributed by atoms with van der Waals surface area (Å²) in [4.78, 5) is 15.4. The van der Waals surface area contributed by atoms with Crippen molar-refractivity contribution in [3.8, 4) is 17.6 Å². The highest BCUT2D eigenvalue weighted by Crippen LogP contribution is 2.54. The van der Waals surface area contributed by atoms with E-state index in [1.165, 1.54) is 30.4 Å². The molecular weight excluding hydrogens is 428 g/mol. The number of rotatable bonds is 5. The molecule has 34 heavy (non-hydrogen) atoms. The number of hydrogen-bond acceptors (Lipinski definition) is 6. The number of methoxy groups -OCH3 is 2. The van der Waals surface area contributed by atoms with Gasteiger partial charge in [-0.15, -0.1) is 0 Å². The van der Waals surface area contributed by atoms with Crippen molar-refractivity contribution >= 4 is 5.97 Å². The molecule has 0 bridgehead atoms. The van der Waals surface area contributed by atoms with Crippen LogP contribution in [-0.4, -0.2) is 44.3 Å². The lowest BCUT2D eigenvalue weighted by Crippen LogP contribution is -2.43. The van der Waals surface area contributed by atoms with Crippen molar-refractivity contribution in [2.24, 2.45) is 23.2 Å². The number of hydrogen-bond donors (Lipinski definition) is 0. The van der Waals surface area contributed by atoms with Crippen molar-refractivity contribution in [1.29, 1.82) is 5.26 Å². The predicted octanol–water partition coefficient (Wildman–Crippen LogP) is 4.83. The van der Waals surface area contributed by atoms with Gasteiger partial charge >= 0.3 is 5.97 Å². The molecule has 6 nitrogen and oxygen atoms in total. The van der Waals surface area contributed by atoms with Crippen molar-refractivity contribution in [1.82, 2.24) is 4.90 Å². The van der Waals surface area contributed by atoms with Crippen LogP contribution in [0.2, 0.25) is 0 Å². The van der Waals surface area contributed by atoms with Crippen LogP contribution >= 0.6 is 0 Å². The van der Waals surface area contributed by atoms with Crippen LogP contribution in [0.5, 0.6) is 11.5 Å². The summed E-state index contributed by atoms with van der Waals surface area (Å²) in [7, 11) is 3.28. The monoisotopic (exact) mass is 464 g/mol. The summed E-state index contributed by atoms with van der Waals surface area (Å²) >= 11 is 0. The molecule has 0 spiro atoms. The number of fused-ring (bicyclic) bond motifs is 3. The Bertz CT molecular complexity index is 1040. The third-order valence-electron chi connectivity index (χ3n) is 8.91. The number of allylic oxidation sites excluding steroid dienone is 1. The summed E-state index contributed by atoms with van der Waals surface area (Å²) < 4.78 is 17.0. The number of esters is 1. The highest BCUT2D eigenvalue weighted by Gasteiger charge is 2.52. The summed E-state index contributed by atoms with van der Waals surface area (Å²) in [6, 6.07) is 6.34. The first-order chi connectivity index (χ1) is 16.4. The lowest BCUT2D eigenvalue weighted by atomic mass is 9.59. The zero-order valence-corrected chi connectivity index (χ0v) is 20.8. The Balaban J connectivity index is 1.44. The minimum Gasteiger partial charge on any atom is -0.493 e. The Kier molecular flexibility index (Phi) is 6.10. The minimum absolute atomic E-state index is 0.0209. The molecule has 182 valence electrons. The Hall–Kier alpha value is -2.52. The topological polar surface area (TPSA) is 71.8 Å². The van der Waals surface area contributed by atoms with Gasteiger partial charge in [0, 0.05) is 25.0 Å². The first-order valence-corrected chi connectivity index (χ1v) is 12.7. The van der Waals surface area contributed by atoms with Gasteiger partial charge in [0.25, 0.3) is 0 Å². The maximum absolute atomic E-state index is 13.1. The van der Waals surface area contributed by atoms with Crippen LogP contribution in [0.15, 0.2) is 23.8 Å². The molecule has 0 amide bonds. The van der Waals surface area contributed by atoms with Crippen LogP contribution in [0.1, 0.15) is 63.1 Å². The van der Waals surface area contributed by atoms with Crippen molar-refractivity contribution in [2.45, 2.75) is 64.5 Å². The Morgan fingerprint density at radius 2 is 2.03 bits per heavy atom. The van der Waals surface area contributed by atoms with Crippen molar-refractivity contribution in [3.63, 3.8) is 0 Å². The molecule has 1 saturated heterocycles. The third kappa shape index (κ3) is 3.79. The molecule has 2 aliphatic carbocycles. The zero-order chi connectivity index (χ0) is 24.0. The maximum Gasteiger partial charge on any atom is 0.311 e. The van der Waals surface area contributed by atoms with Crippen LogP contribution in [0, 0.1) is 34.5 Å². The standard InChI is InChI=1S/C28H36N2O4/c1-17-6-5-9-28(2)15-26-20(13-22(17)28)21(27(31)34-26)16-30-11-8-18-12-24(32-3)25(33-4)14-19(18)23(30)7-10-29/h12-14,17,20-21,23,26H,5-9,11,15-16H2,1-4H3/t17-,20+,21-,23+,26+,28+/m0/s1. The second-order valence-corrected chi connectivity index (χ2v) is 10.9. The first kappa shape index (κ1) is 23.2. The summed E-state index contributed by atoms with van der Waals surface area (Å²) in [5.74, 6) is 1.84. The van der Waals surface area contributed by atoms with Gasteiger partial charge in [-0.1, -0.05) is 31.9 Å². The van der Waals surface area contributed by atoms with Crippen LogP contribution in [0.4, 0.5) is 0 Å². The average Bonchev–Trinajstić information content (AvgIpc) is 3.11. The Morgan fingerprint density at radius 3 is 2.76 bits per heavy atom. The fourth-order valence-electron chi connectivity index (χ4n) is 7.14. The lowest BCUT2D eigenvalue weighted by molar-refractivity contribution is -0.145. The lowest BCUT2D eigenvalue weighted by Gasteiger charge is -2.46. The van der Waals surface area contributed by atoms with Gasteiger partial charge in [-0.25, -0.2) is 0 Å². The summed E-state index contributed by atoms with van der Waals surface area (Å²) in [5.41, 5.74) is 3.99. The molecule has 0 radical (unpaired) electrons. The van der Waals surface area contributed by atoms with Crippen molar-refractivity contribution < 1.29 is 19.0 Å². The molecule has 6 heteroatoms. The van der Waals surface area contributed by atoms with E-state index in [1.807, 2.05) is 12.1 Å². The molecule has 1 aromatic rings. The quantitative estimate of drug-likeness (QED) is 0.459. The van der Waals surface area contributed by atoms with Crippen molar-refractivity contribution in [3.05, 3.63) is 34.9 Å². The molecule has 2 fully saturated rings. The summed E-state index contributed by atoms with van der Waals surface area (Å²) in [6.45, 7) is 6.12. The van der Waals surface area contributed by atoms with Crippen LogP contribution in [0.25, 0.3) is 0 Å². The number of ether oxygens (including phenoxy) is 3. The Morgan fingerprint density at radius 1 is 1.26 bits per heavy atom. The molecule has 2 aliphatic heterocycles. The second kappa shape index (κ2) is 8.92. The van der Waals surface area contributed by atoms with E-state index in [-0.39, 0.29) is 35.4 Å². The molecule has 0 N–H and O–H groups in total. The van der Waals surface area contributed by atoms with Crippen LogP contribution in [-0.2, 0) is 16.0 Å². The van der Waals surface area contributed by atoms with Gasteiger partial charge in [0.2, 0.25) is 0 Å². The van der Waals surface area contributed by atoms with Gasteiger partial charge in [0.05, 0.1) is 32.6 Å². The van der Waals surface area contributed by atoms with Gasteiger partial charge in [-0.05, 0) is 60.3 Å². The average molecular weight is 465 g/mol. The fourth-order valence-corrected chi connectivity index (χ4v) is 7.14. The fraction of sp³-hybridized carbons (Fsp3) is 0.643. The smallest absolute Gasteiger partial charge is 0.311 e. The molecule has 0 unspecified atom stereocenters. The first-order valence-electron chi connectivity index (χ1n) is 12.7. The van der Waals surface area contributed by atoms with Gasteiger partial charge < -0.3 is 14.2 Å². The predicted molar refractivity (Wildman–Crippen MR) is 128 cm³/mol. The van der Waals surface area contributed by atoms with E-state index in [4.69, 9.17) is 14.2 Å². The van der Waals surface area contributed by atoms with Gasteiger partial charge in [-0.2, -0.15) is 5.26 Å². The molecule has 1 saturated carbocycles. The minimum atomic E-state index is -0.181. The summed E-state index contributed by atoms with van der Waals surface area (Å²) in [6.07, 6.45) is 8.23. The number of benzene rings is 1. The highest BCUT2D eigenvalue weighted by atomic mass is 16.6. The molecule has 1 aromatic carbocycles. The number of carbonyl (C=O) groups is 1. The molecule has 4 aliphatic rings. The van der Waals surface area contributed by atoms with E-state index < -0.39 is 0 Å².